The van der Waals surface area contributed by atoms with Gasteiger partial charge in [-0.1, -0.05) is 42.5 Å². The van der Waals surface area contributed by atoms with Crippen LogP contribution in [-0.2, 0) is 7.05 Å². The Morgan fingerprint density at radius 3 is 2.39 bits per heavy atom. The summed E-state index contributed by atoms with van der Waals surface area (Å²) in [6, 6.07) is 20.6. The first kappa shape index (κ1) is 15.8. The molecule has 150 valence electrons. The van der Waals surface area contributed by atoms with Gasteiger partial charge in [-0.2, -0.15) is 5.26 Å². The summed E-state index contributed by atoms with van der Waals surface area (Å²) in [4.78, 5) is 0. The predicted octanol–water partition coefficient (Wildman–Crippen LogP) is 6.37. The summed E-state index contributed by atoms with van der Waals surface area (Å²) in [5.41, 5.74) is 4.87. The van der Waals surface area contributed by atoms with Gasteiger partial charge in [-0.05, 0) is 37.0 Å². The number of furan rings is 1. The molecule has 4 heteroatoms. The number of nitrogens with zero attached hydrogens (tertiary/aromatic N) is 2. The molecule has 3 nitrogen and oxygen atoms in total. The second kappa shape index (κ2) is 7.07. The molecule has 5 rings (SSSR count). The number of nitriles is 1. The molecule has 31 heavy (non-hydrogen) atoms. The predicted molar refractivity (Wildman–Crippen MR) is 120 cm³/mol. The van der Waals surface area contributed by atoms with Crippen LogP contribution in [0.4, 0.5) is 4.39 Å². The quantitative estimate of drug-likeness (QED) is 0.317. The Balaban J connectivity index is 1.87. The van der Waals surface area contributed by atoms with Crippen molar-refractivity contribution in [1.82, 2.24) is 0 Å². The summed E-state index contributed by atoms with van der Waals surface area (Å²) in [5, 5.41) is 11.4. The van der Waals surface area contributed by atoms with E-state index in [0.29, 0.717) is 33.6 Å². The summed E-state index contributed by atoms with van der Waals surface area (Å²) in [5.74, 6) is -0.794. The van der Waals surface area contributed by atoms with Gasteiger partial charge in [-0.25, -0.2) is 8.96 Å². The first-order chi connectivity index (χ1) is 16.2. The lowest BCUT2D eigenvalue weighted by Gasteiger charge is -2.06. The van der Waals surface area contributed by atoms with Gasteiger partial charge in [0.15, 0.2) is 6.20 Å². The van der Waals surface area contributed by atoms with Gasteiger partial charge in [0.25, 0.3) is 0 Å². The van der Waals surface area contributed by atoms with E-state index < -0.39 is 12.7 Å². The number of halogens is 1. The van der Waals surface area contributed by atoms with E-state index in [1.165, 1.54) is 12.3 Å². The van der Waals surface area contributed by atoms with Crippen LogP contribution in [-0.4, -0.2) is 0 Å². The van der Waals surface area contributed by atoms with Gasteiger partial charge in [-0.15, -0.1) is 0 Å². The zero-order valence-corrected chi connectivity index (χ0v) is 17.0. The fourth-order valence-electron chi connectivity index (χ4n) is 4.18. The van der Waals surface area contributed by atoms with Gasteiger partial charge in [0, 0.05) is 32.1 Å². The number of rotatable bonds is 2. The van der Waals surface area contributed by atoms with E-state index in [4.69, 9.17) is 8.53 Å². The number of benzene rings is 3. The van der Waals surface area contributed by atoms with Crippen LogP contribution < -0.4 is 4.57 Å². The molecule has 0 amide bonds. The molecule has 0 aliphatic heterocycles. The first-order valence-electron chi connectivity index (χ1n) is 11.3. The van der Waals surface area contributed by atoms with Gasteiger partial charge in [0.2, 0.25) is 5.69 Å². The molecule has 0 N–H and O–H groups in total. The highest BCUT2D eigenvalue weighted by Gasteiger charge is 2.24. The van der Waals surface area contributed by atoms with Gasteiger partial charge in [0.1, 0.15) is 24.0 Å². The molecule has 0 bridgehead atoms. The number of hydrogen-bond donors (Lipinski definition) is 0. The highest BCUT2D eigenvalue weighted by atomic mass is 19.1. The van der Waals surface area contributed by atoms with Crippen molar-refractivity contribution in [3.63, 3.8) is 0 Å². The van der Waals surface area contributed by atoms with Crippen LogP contribution in [0.5, 0.6) is 0 Å². The van der Waals surface area contributed by atoms with Crippen LogP contribution in [0.3, 0.4) is 0 Å². The topological polar surface area (TPSA) is 40.8 Å². The standard InChI is InChI=1S/C27H20FN2O/c1-16-9-11-20-21-12-10-19(14-29)25(18-7-5-4-6-8-18)27(21)31-26(20)24(16)23-13-22(28)17(2)15-30(23)3/h4-13,15H,1-3H3/q+1/i2D3. The van der Waals surface area contributed by atoms with E-state index in [2.05, 4.69) is 6.07 Å². The lowest BCUT2D eigenvalue weighted by Crippen LogP contribution is -2.31. The highest BCUT2D eigenvalue weighted by Crippen LogP contribution is 2.41. The second-order valence-electron chi connectivity index (χ2n) is 7.61. The molecule has 5 aromatic rings. The SMILES string of the molecule is [2H]C([2H])([2H])c1c[n+](C)c(-c2c(C)ccc3c2oc2c(-c4ccccc4)c(C#N)ccc23)cc1F. The summed E-state index contributed by atoms with van der Waals surface area (Å²) >= 11 is 0. The van der Waals surface area contributed by atoms with Crippen molar-refractivity contribution < 1.29 is 17.5 Å². The van der Waals surface area contributed by atoms with Crippen LogP contribution in [0.15, 0.2) is 71.3 Å². The van der Waals surface area contributed by atoms with Crippen LogP contribution in [0.1, 0.15) is 20.8 Å². The van der Waals surface area contributed by atoms with Crippen molar-refractivity contribution in [2.45, 2.75) is 13.8 Å². The van der Waals surface area contributed by atoms with Gasteiger partial charge in [0.05, 0.1) is 17.2 Å². The normalized spacial score (nSPS) is 13.0. The van der Waals surface area contributed by atoms with Crippen molar-refractivity contribution in [2.75, 3.05) is 0 Å². The smallest absolute Gasteiger partial charge is 0.219 e. The molecule has 2 heterocycles. The third-order valence-electron chi connectivity index (χ3n) is 5.68. The number of hydrogen-bond acceptors (Lipinski definition) is 2. The van der Waals surface area contributed by atoms with Crippen LogP contribution in [0, 0.1) is 30.9 Å². The van der Waals surface area contributed by atoms with Crippen LogP contribution in [0.2, 0.25) is 0 Å². The van der Waals surface area contributed by atoms with Crippen LogP contribution in [0.25, 0.3) is 44.3 Å². The Labute approximate surface area is 183 Å². The van der Waals surface area contributed by atoms with E-state index in [-0.39, 0.29) is 5.56 Å². The summed E-state index contributed by atoms with van der Waals surface area (Å²) in [6.07, 6.45) is 1.31. The molecule has 0 saturated carbocycles. The number of fused-ring (bicyclic) bond motifs is 3. The molecule has 0 aliphatic carbocycles. The average molecular weight is 410 g/mol. The second-order valence-corrected chi connectivity index (χ2v) is 7.61. The van der Waals surface area contributed by atoms with Crippen molar-refractivity contribution in [3.05, 3.63) is 89.4 Å². The molecular weight excluding hydrogens is 387 g/mol. The Morgan fingerprint density at radius 2 is 1.68 bits per heavy atom. The number of pyridine rings is 1. The summed E-state index contributed by atoms with van der Waals surface area (Å²) in [7, 11) is 1.69. The molecule has 0 fully saturated rings. The van der Waals surface area contributed by atoms with Crippen molar-refractivity contribution in [1.29, 1.82) is 5.26 Å². The minimum atomic E-state index is -2.56. The Morgan fingerprint density at radius 1 is 0.968 bits per heavy atom. The molecular formula is C27H20FN2O+. The van der Waals surface area contributed by atoms with Gasteiger partial charge >= 0.3 is 0 Å². The maximum absolute atomic E-state index is 14.9. The first-order valence-corrected chi connectivity index (χ1v) is 9.85. The highest BCUT2D eigenvalue weighted by molar-refractivity contribution is 6.13. The monoisotopic (exact) mass is 410 g/mol. The number of aromatic nitrogens is 1. The Hall–Kier alpha value is -3.97. The Bertz CT molecular complexity index is 1630. The third-order valence-corrected chi connectivity index (χ3v) is 5.68. The molecule has 0 atom stereocenters. The van der Waals surface area contributed by atoms with E-state index >= 15 is 0 Å². The molecule has 0 saturated heterocycles. The fourth-order valence-corrected chi connectivity index (χ4v) is 4.18. The van der Waals surface area contributed by atoms with Crippen molar-refractivity contribution in [2.24, 2.45) is 7.05 Å². The molecule has 2 aromatic heterocycles. The van der Waals surface area contributed by atoms with E-state index in [1.54, 1.807) is 17.7 Å². The number of aryl methyl sites for hydroxylation is 3. The maximum Gasteiger partial charge on any atom is 0.219 e. The summed E-state index contributed by atoms with van der Waals surface area (Å²) < 4.78 is 45.8. The molecule has 0 unspecified atom stereocenters. The lowest BCUT2D eigenvalue weighted by molar-refractivity contribution is -0.661. The van der Waals surface area contributed by atoms with E-state index in [9.17, 15) is 9.65 Å². The van der Waals surface area contributed by atoms with Gasteiger partial charge < -0.3 is 4.42 Å². The minimum Gasteiger partial charge on any atom is -0.454 e. The molecule has 0 radical (unpaired) electrons. The molecule has 0 aliphatic rings. The zero-order chi connectivity index (χ0) is 24.2. The lowest BCUT2D eigenvalue weighted by atomic mass is 9.96. The average Bonchev–Trinajstić information content (AvgIpc) is 3.18. The van der Waals surface area contributed by atoms with Crippen molar-refractivity contribution >= 4 is 21.9 Å². The van der Waals surface area contributed by atoms with Crippen LogP contribution >= 0.6 is 0 Å². The minimum absolute atomic E-state index is 0.335. The molecule has 0 spiro atoms. The summed E-state index contributed by atoms with van der Waals surface area (Å²) in [6.45, 7) is -0.657. The van der Waals surface area contributed by atoms with Gasteiger partial charge in [-0.3, -0.25) is 0 Å². The largest absolute Gasteiger partial charge is 0.454 e. The molecule has 3 aromatic carbocycles. The zero-order valence-electron chi connectivity index (χ0n) is 20.0. The fraction of sp³-hybridized carbons (Fsp3) is 0.111. The van der Waals surface area contributed by atoms with E-state index in [1.807, 2.05) is 55.5 Å². The Kier molecular flexibility index (Phi) is 3.61. The van der Waals surface area contributed by atoms with Crippen molar-refractivity contribution in [3.8, 4) is 28.5 Å². The third kappa shape index (κ3) is 2.90. The maximum atomic E-state index is 14.9. The van der Waals surface area contributed by atoms with E-state index in [0.717, 1.165) is 21.9 Å².